The van der Waals surface area contributed by atoms with Gasteiger partial charge in [0.1, 0.15) is 16.9 Å². The Hall–Kier alpha value is -3.21. The molecule has 1 unspecified atom stereocenters. The Balaban J connectivity index is 1.74. The fraction of sp³-hybridized carbons (Fsp3) is 0.0952. The Labute approximate surface area is 180 Å². The van der Waals surface area contributed by atoms with Crippen molar-refractivity contribution in [2.75, 3.05) is 18.1 Å². The molecule has 3 aromatic carbocycles. The Morgan fingerprint density at radius 1 is 1.06 bits per heavy atom. The van der Waals surface area contributed by atoms with E-state index in [1.165, 1.54) is 24.3 Å². The van der Waals surface area contributed by atoms with Gasteiger partial charge in [-0.25, -0.2) is 8.42 Å². The standard InChI is InChI=1S/C21H19N3O5S2/c1-29-16-10-7-14(8-11-16)21-17-13-15(9-12-18(17)22-23-21)24-31(27,28)20-6-4-3-5-19(20)30(2,25)26/h3-13,24H,1-2H3,(H-,22,23,25,26)/p+1. The Morgan fingerprint density at radius 3 is 2.45 bits per heavy atom. The highest BCUT2D eigenvalue weighted by Gasteiger charge is 2.32. The fourth-order valence-electron chi connectivity index (χ4n) is 3.24. The van der Waals surface area contributed by atoms with E-state index in [0.29, 0.717) is 17.1 Å². The van der Waals surface area contributed by atoms with Crippen molar-refractivity contribution in [1.29, 1.82) is 0 Å². The minimum absolute atomic E-state index is 0.147. The largest absolute Gasteiger partial charge is 0.497 e. The van der Waals surface area contributed by atoms with Crippen molar-refractivity contribution < 1.29 is 21.9 Å². The van der Waals surface area contributed by atoms with Gasteiger partial charge in [0.15, 0.2) is 0 Å². The lowest BCUT2D eigenvalue weighted by atomic mass is 10.1. The molecule has 1 aromatic heterocycles. The predicted octanol–water partition coefficient (Wildman–Crippen LogP) is 4.00. The number of anilines is 1. The zero-order chi connectivity index (χ0) is 22.2. The first-order valence-electron chi connectivity index (χ1n) is 9.15. The van der Waals surface area contributed by atoms with Crippen molar-refractivity contribution in [3.05, 3.63) is 66.7 Å². The van der Waals surface area contributed by atoms with Crippen LogP contribution in [0.5, 0.6) is 5.75 Å². The number of ether oxygens (including phenoxy) is 1. The molecule has 3 N–H and O–H groups in total. The highest BCUT2D eigenvalue weighted by Crippen LogP contribution is 2.31. The van der Waals surface area contributed by atoms with Crippen LogP contribution in [0.25, 0.3) is 22.2 Å². The number of aromatic nitrogens is 2. The van der Waals surface area contributed by atoms with Gasteiger partial charge < -0.3 is 4.74 Å². The SMILES string of the molecule is COc1ccc(-c2n[nH]c3ccc(NS(=O)(=O)c4ccccc4[S+](C)(=O)O)cc23)cc1. The van der Waals surface area contributed by atoms with Crippen LogP contribution in [0.1, 0.15) is 0 Å². The van der Waals surface area contributed by atoms with Crippen molar-refractivity contribution in [1.82, 2.24) is 10.2 Å². The number of hydrogen-bond acceptors (Lipinski definition) is 5. The maximum Gasteiger partial charge on any atom is 0.266 e. The van der Waals surface area contributed by atoms with Gasteiger partial charge in [0.25, 0.3) is 10.0 Å². The zero-order valence-corrected chi connectivity index (χ0v) is 18.3. The van der Waals surface area contributed by atoms with Crippen LogP contribution in [0, 0.1) is 0 Å². The summed E-state index contributed by atoms with van der Waals surface area (Å²) in [6.07, 6.45) is 1.08. The summed E-state index contributed by atoms with van der Waals surface area (Å²) in [6.45, 7) is 0. The fourth-order valence-corrected chi connectivity index (χ4v) is 5.94. The highest BCUT2D eigenvalue weighted by atomic mass is 32.3. The molecule has 0 saturated heterocycles. The molecule has 31 heavy (non-hydrogen) atoms. The Morgan fingerprint density at radius 2 is 1.77 bits per heavy atom. The summed E-state index contributed by atoms with van der Waals surface area (Å²) in [7, 11) is -5.99. The molecule has 0 aliphatic heterocycles. The van der Waals surface area contributed by atoms with Crippen LogP contribution in [-0.4, -0.2) is 36.5 Å². The topological polar surface area (TPSA) is 121 Å². The van der Waals surface area contributed by atoms with E-state index in [-0.39, 0.29) is 9.79 Å². The van der Waals surface area contributed by atoms with Crippen LogP contribution in [0.4, 0.5) is 5.69 Å². The highest BCUT2D eigenvalue weighted by molar-refractivity contribution is 7.98. The normalized spacial score (nSPS) is 13.6. The number of fused-ring (bicyclic) bond motifs is 1. The molecule has 0 spiro atoms. The third-order valence-electron chi connectivity index (χ3n) is 4.73. The second-order valence-corrected chi connectivity index (χ2v) is 10.6. The van der Waals surface area contributed by atoms with Crippen LogP contribution in [0.2, 0.25) is 0 Å². The molecule has 0 fully saturated rings. The summed E-state index contributed by atoms with van der Waals surface area (Å²) in [6, 6.07) is 18.0. The first kappa shape index (κ1) is 21.0. The number of benzene rings is 3. The summed E-state index contributed by atoms with van der Waals surface area (Å²) in [5, 5.41) is 8.01. The molecule has 0 radical (unpaired) electrons. The van der Waals surface area contributed by atoms with Crippen molar-refractivity contribution in [2.45, 2.75) is 9.79 Å². The van der Waals surface area contributed by atoms with E-state index in [4.69, 9.17) is 4.74 Å². The van der Waals surface area contributed by atoms with Gasteiger partial charge in [0.2, 0.25) is 15.1 Å². The van der Waals surface area contributed by atoms with Crippen LogP contribution in [0.15, 0.2) is 76.5 Å². The molecule has 160 valence electrons. The average Bonchev–Trinajstić information content (AvgIpc) is 3.16. The van der Waals surface area contributed by atoms with Crippen LogP contribution < -0.4 is 9.46 Å². The van der Waals surface area contributed by atoms with Gasteiger partial charge in [-0.15, -0.1) is 0 Å². The Kier molecular flexibility index (Phi) is 5.29. The maximum atomic E-state index is 13.0. The number of aromatic amines is 1. The molecule has 10 heteroatoms. The van der Waals surface area contributed by atoms with Crippen LogP contribution >= 0.6 is 0 Å². The van der Waals surface area contributed by atoms with Crippen molar-refractivity contribution in [2.24, 2.45) is 0 Å². The van der Waals surface area contributed by atoms with Crippen molar-refractivity contribution in [3.8, 4) is 17.0 Å². The molecule has 0 bridgehead atoms. The number of H-pyrrole nitrogens is 1. The van der Waals surface area contributed by atoms with E-state index in [0.717, 1.165) is 22.7 Å². The van der Waals surface area contributed by atoms with Gasteiger partial charge in [-0.3, -0.25) is 9.82 Å². The quantitative estimate of drug-likeness (QED) is 0.376. The molecule has 0 amide bonds. The van der Waals surface area contributed by atoms with E-state index in [1.54, 1.807) is 25.3 Å². The minimum Gasteiger partial charge on any atom is -0.497 e. The molecule has 0 aliphatic rings. The third-order valence-corrected chi connectivity index (χ3v) is 7.47. The first-order chi connectivity index (χ1) is 14.7. The molecule has 1 heterocycles. The summed E-state index contributed by atoms with van der Waals surface area (Å²) in [4.78, 5) is -0.390. The molecule has 0 aliphatic carbocycles. The molecular weight excluding hydrogens is 438 g/mol. The lowest BCUT2D eigenvalue weighted by Crippen LogP contribution is -2.18. The smallest absolute Gasteiger partial charge is 0.266 e. The molecule has 0 saturated carbocycles. The second-order valence-electron chi connectivity index (χ2n) is 6.92. The van der Waals surface area contributed by atoms with Crippen molar-refractivity contribution in [3.63, 3.8) is 0 Å². The number of hydrogen-bond donors (Lipinski definition) is 3. The number of methoxy groups -OCH3 is 1. The lowest BCUT2D eigenvalue weighted by Gasteiger charge is -2.10. The summed E-state index contributed by atoms with van der Waals surface area (Å²) < 4.78 is 55.7. The van der Waals surface area contributed by atoms with Crippen LogP contribution in [-0.2, 0) is 24.4 Å². The Bertz CT molecular complexity index is 1410. The van der Waals surface area contributed by atoms with Gasteiger partial charge in [0, 0.05) is 16.6 Å². The lowest BCUT2D eigenvalue weighted by molar-refractivity contribution is 0.415. The minimum atomic E-state index is -4.10. The molecule has 4 rings (SSSR count). The monoisotopic (exact) mass is 458 g/mol. The number of nitrogens with zero attached hydrogens (tertiary/aromatic N) is 1. The predicted molar refractivity (Wildman–Crippen MR) is 120 cm³/mol. The molecule has 8 nitrogen and oxygen atoms in total. The van der Waals surface area contributed by atoms with Gasteiger partial charge >= 0.3 is 0 Å². The van der Waals surface area contributed by atoms with Gasteiger partial charge in [-0.1, -0.05) is 16.3 Å². The second kappa shape index (κ2) is 7.80. The van der Waals surface area contributed by atoms with Crippen LogP contribution in [0.3, 0.4) is 0 Å². The van der Waals surface area contributed by atoms with E-state index >= 15 is 0 Å². The van der Waals surface area contributed by atoms with E-state index in [1.807, 2.05) is 24.3 Å². The van der Waals surface area contributed by atoms with Crippen molar-refractivity contribution >= 4 is 36.8 Å². The maximum absolute atomic E-state index is 13.0. The number of nitrogens with one attached hydrogen (secondary N) is 2. The third kappa shape index (κ3) is 4.18. The van der Waals surface area contributed by atoms with E-state index in [2.05, 4.69) is 14.9 Å². The summed E-state index contributed by atoms with van der Waals surface area (Å²) >= 11 is 0. The van der Waals surface area contributed by atoms with E-state index in [9.17, 15) is 17.2 Å². The zero-order valence-electron chi connectivity index (χ0n) is 16.7. The molecule has 4 aromatic rings. The first-order valence-corrected chi connectivity index (χ1v) is 12.6. The number of sulfonamides is 1. The van der Waals surface area contributed by atoms with Gasteiger partial charge in [-0.2, -0.15) is 9.65 Å². The molecule has 1 atom stereocenters. The van der Waals surface area contributed by atoms with E-state index < -0.39 is 20.2 Å². The average molecular weight is 459 g/mol. The summed E-state index contributed by atoms with van der Waals surface area (Å²) in [5.41, 5.74) is 2.54. The van der Waals surface area contributed by atoms with Gasteiger partial charge in [-0.05, 0) is 54.6 Å². The number of rotatable bonds is 6. The summed E-state index contributed by atoms with van der Waals surface area (Å²) in [5.74, 6) is 0.715. The van der Waals surface area contributed by atoms with Gasteiger partial charge in [0.05, 0.1) is 18.3 Å². The molecular formula is C21H20N3O5S2+.